The van der Waals surface area contributed by atoms with Gasteiger partial charge >= 0.3 is 0 Å². The van der Waals surface area contributed by atoms with Gasteiger partial charge in [0.25, 0.3) is 0 Å². The minimum atomic E-state index is 0.264. The van der Waals surface area contributed by atoms with Crippen LogP contribution in [0.5, 0.6) is 5.75 Å². The van der Waals surface area contributed by atoms with Crippen molar-refractivity contribution in [2.45, 2.75) is 32.1 Å². The summed E-state index contributed by atoms with van der Waals surface area (Å²) in [6, 6.07) is 9.33. The van der Waals surface area contributed by atoms with E-state index in [1.165, 1.54) is 0 Å². The maximum absolute atomic E-state index is 11.8. The second-order valence-electron chi connectivity index (χ2n) is 5.00. The molecule has 0 radical (unpaired) electrons. The molecule has 0 aromatic heterocycles. The van der Waals surface area contributed by atoms with E-state index in [-0.39, 0.29) is 5.91 Å². The first-order valence-electron chi connectivity index (χ1n) is 7.21. The number of benzene rings is 1. The lowest BCUT2D eigenvalue weighted by atomic mass is 10.2. The second-order valence-corrected chi connectivity index (χ2v) is 5.00. The Hall–Kier alpha value is -2.02. The molecule has 20 heavy (non-hydrogen) atoms. The Morgan fingerprint density at radius 3 is 2.95 bits per heavy atom. The molecule has 0 saturated carbocycles. The molecule has 4 nitrogen and oxygen atoms in total. The molecule has 0 N–H and O–H groups in total. The van der Waals surface area contributed by atoms with Crippen molar-refractivity contribution in [2.24, 2.45) is 0 Å². The molecule has 2 rings (SSSR count). The third-order valence-corrected chi connectivity index (χ3v) is 3.51. The van der Waals surface area contributed by atoms with Gasteiger partial charge < -0.3 is 9.64 Å². The molecule has 1 aromatic rings. The van der Waals surface area contributed by atoms with Crippen LogP contribution in [0.2, 0.25) is 0 Å². The molecule has 0 unspecified atom stereocenters. The fourth-order valence-electron chi connectivity index (χ4n) is 2.40. The summed E-state index contributed by atoms with van der Waals surface area (Å²) in [5.74, 6) is 0.886. The van der Waals surface area contributed by atoms with Gasteiger partial charge in [0.2, 0.25) is 5.91 Å². The second kappa shape index (κ2) is 7.54. The normalized spacial score (nSPS) is 15.6. The van der Waals surface area contributed by atoms with Crippen LogP contribution in [0.15, 0.2) is 24.3 Å². The van der Waals surface area contributed by atoms with E-state index < -0.39 is 0 Å². The monoisotopic (exact) mass is 272 g/mol. The van der Waals surface area contributed by atoms with E-state index in [1.54, 1.807) is 12.1 Å². The van der Waals surface area contributed by atoms with Gasteiger partial charge in [-0.2, -0.15) is 5.26 Å². The number of ether oxygens (including phenoxy) is 1. The van der Waals surface area contributed by atoms with Crippen LogP contribution in [0.25, 0.3) is 0 Å². The average Bonchev–Trinajstić information content (AvgIpc) is 2.69. The molecule has 0 aliphatic carbocycles. The highest BCUT2D eigenvalue weighted by Gasteiger charge is 2.15. The van der Waals surface area contributed by atoms with Crippen molar-refractivity contribution in [1.82, 2.24) is 4.90 Å². The van der Waals surface area contributed by atoms with Crippen molar-refractivity contribution in [3.8, 4) is 11.8 Å². The molecule has 0 bridgehead atoms. The SMILES string of the molecule is N#Cc1ccccc1OCCCN1CCCCCC1=O. The molecule has 1 saturated heterocycles. The van der Waals surface area contributed by atoms with Crippen molar-refractivity contribution in [1.29, 1.82) is 5.26 Å². The van der Waals surface area contributed by atoms with Gasteiger partial charge in [0.1, 0.15) is 11.8 Å². The fraction of sp³-hybridized carbons (Fsp3) is 0.500. The zero-order chi connectivity index (χ0) is 14.2. The fourth-order valence-corrected chi connectivity index (χ4v) is 2.40. The van der Waals surface area contributed by atoms with E-state index in [2.05, 4.69) is 6.07 Å². The van der Waals surface area contributed by atoms with Gasteiger partial charge in [-0.05, 0) is 31.4 Å². The number of nitriles is 1. The van der Waals surface area contributed by atoms with E-state index in [1.807, 2.05) is 17.0 Å². The number of para-hydroxylation sites is 1. The summed E-state index contributed by atoms with van der Waals surface area (Å²) in [5, 5.41) is 8.96. The maximum atomic E-state index is 11.8. The lowest BCUT2D eigenvalue weighted by Gasteiger charge is -2.20. The minimum Gasteiger partial charge on any atom is -0.492 e. The molecule has 106 valence electrons. The number of amides is 1. The van der Waals surface area contributed by atoms with Gasteiger partial charge in [-0.15, -0.1) is 0 Å². The Morgan fingerprint density at radius 2 is 2.10 bits per heavy atom. The van der Waals surface area contributed by atoms with Gasteiger partial charge in [-0.1, -0.05) is 18.6 Å². The highest BCUT2D eigenvalue weighted by Crippen LogP contribution is 2.17. The van der Waals surface area contributed by atoms with E-state index in [0.29, 0.717) is 24.3 Å². The van der Waals surface area contributed by atoms with Crippen LogP contribution in [-0.4, -0.2) is 30.5 Å². The Morgan fingerprint density at radius 1 is 1.25 bits per heavy atom. The summed E-state index contributed by atoms with van der Waals surface area (Å²) in [7, 11) is 0. The number of nitrogens with zero attached hydrogens (tertiary/aromatic N) is 2. The molecular weight excluding hydrogens is 252 g/mol. The molecule has 0 atom stereocenters. The van der Waals surface area contributed by atoms with Gasteiger partial charge in [0.15, 0.2) is 0 Å². The third kappa shape index (κ3) is 3.99. The Bertz CT molecular complexity index is 493. The van der Waals surface area contributed by atoms with Gasteiger partial charge in [-0.3, -0.25) is 4.79 Å². The van der Waals surface area contributed by atoms with Crippen molar-refractivity contribution in [3.63, 3.8) is 0 Å². The number of likely N-dealkylation sites (tertiary alicyclic amines) is 1. The molecule has 0 spiro atoms. The predicted molar refractivity (Wildman–Crippen MR) is 76.3 cm³/mol. The smallest absolute Gasteiger partial charge is 0.222 e. The number of carbonyl (C=O) groups is 1. The zero-order valence-electron chi connectivity index (χ0n) is 11.7. The van der Waals surface area contributed by atoms with Crippen LogP contribution >= 0.6 is 0 Å². The first-order valence-corrected chi connectivity index (χ1v) is 7.21. The van der Waals surface area contributed by atoms with E-state index in [4.69, 9.17) is 10.00 Å². The van der Waals surface area contributed by atoms with Crippen LogP contribution in [0.1, 0.15) is 37.7 Å². The summed E-state index contributed by atoms with van der Waals surface area (Å²) in [6.07, 6.45) is 4.74. The predicted octanol–water partition coefficient (Wildman–Crippen LogP) is 2.73. The van der Waals surface area contributed by atoms with Crippen LogP contribution in [0.4, 0.5) is 0 Å². The standard InChI is InChI=1S/C16H20N2O2/c17-13-14-7-3-4-8-15(14)20-12-6-11-18-10-5-1-2-9-16(18)19/h3-4,7-8H,1-2,5-6,9-12H2. The Balaban J connectivity index is 1.76. The molecular formula is C16H20N2O2. The summed E-state index contributed by atoms with van der Waals surface area (Å²) in [6.45, 7) is 2.14. The third-order valence-electron chi connectivity index (χ3n) is 3.51. The van der Waals surface area contributed by atoms with Crippen molar-refractivity contribution in [2.75, 3.05) is 19.7 Å². The number of hydrogen-bond acceptors (Lipinski definition) is 3. The van der Waals surface area contributed by atoms with Crippen molar-refractivity contribution >= 4 is 5.91 Å². The van der Waals surface area contributed by atoms with Crippen LogP contribution < -0.4 is 4.74 Å². The van der Waals surface area contributed by atoms with Gasteiger partial charge in [0, 0.05) is 19.5 Å². The topological polar surface area (TPSA) is 53.3 Å². The molecule has 1 aromatic carbocycles. The van der Waals surface area contributed by atoms with Crippen LogP contribution in [-0.2, 0) is 4.79 Å². The summed E-state index contributed by atoms with van der Waals surface area (Å²) < 4.78 is 5.63. The summed E-state index contributed by atoms with van der Waals surface area (Å²) in [4.78, 5) is 13.8. The highest BCUT2D eigenvalue weighted by atomic mass is 16.5. The van der Waals surface area contributed by atoms with E-state index >= 15 is 0 Å². The Labute approximate surface area is 120 Å². The quantitative estimate of drug-likeness (QED) is 0.774. The molecule has 4 heteroatoms. The summed E-state index contributed by atoms with van der Waals surface area (Å²) >= 11 is 0. The average molecular weight is 272 g/mol. The van der Waals surface area contributed by atoms with E-state index in [0.717, 1.165) is 38.8 Å². The molecule has 1 amide bonds. The number of rotatable bonds is 5. The number of carbonyl (C=O) groups excluding carboxylic acids is 1. The first-order chi connectivity index (χ1) is 9.81. The van der Waals surface area contributed by atoms with Crippen LogP contribution in [0, 0.1) is 11.3 Å². The lowest BCUT2D eigenvalue weighted by molar-refractivity contribution is -0.130. The highest BCUT2D eigenvalue weighted by molar-refractivity contribution is 5.76. The largest absolute Gasteiger partial charge is 0.492 e. The number of hydrogen-bond donors (Lipinski definition) is 0. The maximum Gasteiger partial charge on any atom is 0.222 e. The van der Waals surface area contributed by atoms with Crippen molar-refractivity contribution < 1.29 is 9.53 Å². The molecule has 1 aliphatic heterocycles. The minimum absolute atomic E-state index is 0.264. The van der Waals surface area contributed by atoms with Gasteiger partial charge in [-0.25, -0.2) is 0 Å². The van der Waals surface area contributed by atoms with E-state index in [9.17, 15) is 4.79 Å². The first kappa shape index (κ1) is 14.4. The lowest BCUT2D eigenvalue weighted by Crippen LogP contribution is -2.32. The van der Waals surface area contributed by atoms with Crippen LogP contribution in [0.3, 0.4) is 0 Å². The molecule has 1 fully saturated rings. The Kier molecular flexibility index (Phi) is 5.43. The molecule has 1 aliphatic rings. The van der Waals surface area contributed by atoms with Gasteiger partial charge in [0.05, 0.1) is 12.2 Å². The molecule has 1 heterocycles. The summed E-state index contributed by atoms with van der Waals surface area (Å²) in [5.41, 5.74) is 0.554. The van der Waals surface area contributed by atoms with Crippen molar-refractivity contribution in [3.05, 3.63) is 29.8 Å². The zero-order valence-corrected chi connectivity index (χ0v) is 11.7.